The molecule has 1 atom stereocenters. The van der Waals surface area contributed by atoms with Gasteiger partial charge >= 0.3 is 0 Å². The molecule has 19 heavy (non-hydrogen) atoms. The number of benzene rings is 1. The van der Waals surface area contributed by atoms with E-state index in [1.807, 2.05) is 18.4 Å². The predicted octanol–water partition coefficient (Wildman–Crippen LogP) is 3.18. The Labute approximate surface area is 116 Å². The van der Waals surface area contributed by atoms with Crippen LogP contribution in [0.4, 0.5) is 4.39 Å². The molecule has 0 saturated heterocycles. The zero-order valence-corrected chi connectivity index (χ0v) is 11.5. The van der Waals surface area contributed by atoms with Crippen LogP contribution in [0.2, 0.25) is 0 Å². The summed E-state index contributed by atoms with van der Waals surface area (Å²) in [6.45, 7) is 1.99. The van der Waals surface area contributed by atoms with Crippen molar-refractivity contribution in [3.8, 4) is 0 Å². The number of amides is 1. The molecular formula is C15H16FNOS. The van der Waals surface area contributed by atoms with Crippen molar-refractivity contribution >= 4 is 17.2 Å². The quantitative estimate of drug-likeness (QED) is 0.893. The van der Waals surface area contributed by atoms with Crippen LogP contribution in [0.15, 0.2) is 41.8 Å². The van der Waals surface area contributed by atoms with Crippen LogP contribution in [0.1, 0.15) is 17.4 Å². The van der Waals surface area contributed by atoms with Crippen molar-refractivity contribution in [3.63, 3.8) is 0 Å². The molecule has 0 spiro atoms. The number of nitrogens with one attached hydrogen (secondary N) is 1. The van der Waals surface area contributed by atoms with Gasteiger partial charge in [-0.05, 0) is 36.1 Å². The van der Waals surface area contributed by atoms with Crippen LogP contribution in [0, 0.1) is 5.82 Å². The third kappa shape index (κ3) is 4.48. The molecule has 0 radical (unpaired) electrons. The van der Waals surface area contributed by atoms with E-state index in [2.05, 4.69) is 11.4 Å². The first-order valence-corrected chi connectivity index (χ1v) is 7.07. The summed E-state index contributed by atoms with van der Waals surface area (Å²) < 4.78 is 12.7. The first-order chi connectivity index (χ1) is 9.13. The van der Waals surface area contributed by atoms with Crippen molar-refractivity contribution in [3.05, 3.63) is 58.0 Å². The summed E-state index contributed by atoms with van der Waals surface area (Å²) in [5.41, 5.74) is 0.822. The lowest BCUT2D eigenvalue weighted by Crippen LogP contribution is -2.34. The molecule has 0 bridgehead atoms. The van der Waals surface area contributed by atoms with E-state index >= 15 is 0 Å². The van der Waals surface area contributed by atoms with E-state index in [1.54, 1.807) is 23.5 Å². The minimum Gasteiger partial charge on any atom is -0.353 e. The Hall–Kier alpha value is -1.68. The lowest BCUT2D eigenvalue weighted by atomic mass is 10.1. The summed E-state index contributed by atoms with van der Waals surface area (Å²) in [4.78, 5) is 13.1. The Morgan fingerprint density at radius 2 is 2.05 bits per heavy atom. The molecule has 1 aromatic carbocycles. The van der Waals surface area contributed by atoms with Crippen molar-refractivity contribution in [1.82, 2.24) is 5.32 Å². The summed E-state index contributed by atoms with van der Waals surface area (Å²) >= 11 is 1.69. The van der Waals surface area contributed by atoms with Gasteiger partial charge in [0.05, 0.1) is 6.42 Å². The first kappa shape index (κ1) is 13.7. The summed E-state index contributed by atoms with van der Waals surface area (Å²) in [5, 5.41) is 4.99. The number of carbonyl (C=O) groups excluding carboxylic acids is 1. The second kappa shape index (κ2) is 6.48. The molecule has 2 rings (SSSR count). The zero-order valence-electron chi connectivity index (χ0n) is 10.7. The minimum atomic E-state index is -0.282. The van der Waals surface area contributed by atoms with Gasteiger partial charge in [0.15, 0.2) is 0 Å². The van der Waals surface area contributed by atoms with Gasteiger partial charge in [-0.3, -0.25) is 4.79 Å². The van der Waals surface area contributed by atoms with Crippen LogP contribution < -0.4 is 5.32 Å². The highest BCUT2D eigenvalue weighted by Gasteiger charge is 2.09. The highest BCUT2D eigenvalue weighted by Crippen LogP contribution is 2.11. The van der Waals surface area contributed by atoms with Gasteiger partial charge in [0.1, 0.15) is 5.82 Å². The van der Waals surface area contributed by atoms with Gasteiger partial charge in [0.25, 0.3) is 0 Å². The molecule has 2 nitrogen and oxygen atoms in total. The molecule has 100 valence electrons. The van der Waals surface area contributed by atoms with Gasteiger partial charge in [-0.15, -0.1) is 11.3 Å². The average molecular weight is 277 g/mol. The maximum atomic E-state index is 12.7. The Morgan fingerprint density at radius 1 is 1.32 bits per heavy atom. The number of hydrogen-bond donors (Lipinski definition) is 1. The van der Waals surface area contributed by atoms with Crippen LogP contribution in [0.3, 0.4) is 0 Å². The highest BCUT2D eigenvalue weighted by molar-refractivity contribution is 7.09. The van der Waals surface area contributed by atoms with E-state index in [-0.39, 0.29) is 24.2 Å². The van der Waals surface area contributed by atoms with E-state index < -0.39 is 0 Å². The first-order valence-electron chi connectivity index (χ1n) is 6.19. The maximum Gasteiger partial charge on any atom is 0.224 e. The van der Waals surface area contributed by atoms with E-state index in [0.717, 1.165) is 12.0 Å². The molecule has 0 aliphatic carbocycles. The van der Waals surface area contributed by atoms with Gasteiger partial charge in [-0.2, -0.15) is 0 Å². The van der Waals surface area contributed by atoms with Crippen molar-refractivity contribution in [2.75, 3.05) is 0 Å². The lowest BCUT2D eigenvalue weighted by molar-refractivity contribution is -0.121. The van der Waals surface area contributed by atoms with Crippen molar-refractivity contribution < 1.29 is 9.18 Å². The Balaban J connectivity index is 1.82. The molecule has 1 N–H and O–H groups in total. The van der Waals surface area contributed by atoms with E-state index in [4.69, 9.17) is 0 Å². The number of thiophene rings is 1. The summed E-state index contributed by atoms with van der Waals surface area (Å²) in [5.74, 6) is -0.314. The fraction of sp³-hybridized carbons (Fsp3) is 0.267. The summed E-state index contributed by atoms with van der Waals surface area (Å²) in [6, 6.07) is 10.2. The second-order valence-corrected chi connectivity index (χ2v) is 5.59. The van der Waals surface area contributed by atoms with Gasteiger partial charge in [-0.25, -0.2) is 4.39 Å². The second-order valence-electron chi connectivity index (χ2n) is 4.56. The predicted molar refractivity (Wildman–Crippen MR) is 75.7 cm³/mol. The van der Waals surface area contributed by atoms with Crippen LogP contribution in [-0.4, -0.2) is 11.9 Å². The molecule has 0 fully saturated rings. The zero-order chi connectivity index (χ0) is 13.7. The molecule has 1 unspecified atom stereocenters. The van der Waals surface area contributed by atoms with Crippen LogP contribution >= 0.6 is 11.3 Å². The molecule has 0 aliphatic rings. The number of rotatable bonds is 5. The van der Waals surface area contributed by atoms with Crippen LogP contribution in [0.25, 0.3) is 0 Å². The maximum absolute atomic E-state index is 12.7. The smallest absolute Gasteiger partial charge is 0.224 e. The van der Waals surface area contributed by atoms with Crippen molar-refractivity contribution in [1.29, 1.82) is 0 Å². The number of hydrogen-bond acceptors (Lipinski definition) is 2. The van der Waals surface area contributed by atoms with Crippen LogP contribution in [-0.2, 0) is 17.6 Å². The molecule has 1 amide bonds. The Bertz CT molecular complexity index is 522. The van der Waals surface area contributed by atoms with E-state index in [9.17, 15) is 9.18 Å². The molecule has 0 saturated carbocycles. The van der Waals surface area contributed by atoms with Gasteiger partial charge in [-0.1, -0.05) is 18.2 Å². The Kier molecular flexibility index (Phi) is 4.68. The fourth-order valence-electron chi connectivity index (χ4n) is 1.90. The highest BCUT2D eigenvalue weighted by atomic mass is 32.1. The third-order valence-corrected chi connectivity index (χ3v) is 3.67. The summed E-state index contributed by atoms with van der Waals surface area (Å²) in [6.07, 6.45) is 1.13. The summed E-state index contributed by atoms with van der Waals surface area (Å²) in [7, 11) is 0. The number of carbonyl (C=O) groups is 1. The van der Waals surface area contributed by atoms with Crippen molar-refractivity contribution in [2.45, 2.75) is 25.8 Å². The molecule has 4 heteroatoms. The lowest BCUT2D eigenvalue weighted by Gasteiger charge is -2.13. The molecule has 1 heterocycles. The largest absolute Gasteiger partial charge is 0.353 e. The van der Waals surface area contributed by atoms with Crippen LogP contribution in [0.5, 0.6) is 0 Å². The topological polar surface area (TPSA) is 29.1 Å². The normalized spacial score (nSPS) is 12.1. The third-order valence-electron chi connectivity index (χ3n) is 2.77. The number of halogens is 1. The fourth-order valence-corrected chi connectivity index (χ4v) is 2.73. The Morgan fingerprint density at radius 3 is 2.68 bits per heavy atom. The van der Waals surface area contributed by atoms with Gasteiger partial charge in [0.2, 0.25) is 5.91 Å². The van der Waals surface area contributed by atoms with Gasteiger partial charge in [0, 0.05) is 17.3 Å². The molecule has 2 aromatic rings. The standard InChI is InChI=1S/C15H16FNOS/c1-11(9-14-3-2-8-19-14)17-15(18)10-12-4-6-13(16)7-5-12/h2-8,11H,9-10H2,1H3,(H,17,18). The molecule has 0 aliphatic heterocycles. The monoisotopic (exact) mass is 277 g/mol. The SMILES string of the molecule is CC(Cc1cccs1)NC(=O)Cc1ccc(F)cc1. The van der Waals surface area contributed by atoms with Crippen molar-refractivity contribution in [2.24, 2.45) is 0 Å². The molecule has 1 aromatic heterocycles. The molecular weight excluding hydrogens is 261 g/mol. The minimum absolute atomic E-state index is 0.0318. The van der Waals surface area contributed by atoms with E-state index in [0.29, 0.717) is 0 Å². The average Bonchev–Trinajstić information content (AvgIpc) is 2.84. The van der Waals surface area contributed by atoms with Gasteiger partial charge < -0.3 is 5.32 Å². The van der Waals surface area contributed by atoms with E-state index in [1.165, 1.54) is 17.0 Å².